The van der Waals surface area contributed by atoms with E-state index < -0.39 is 0 Å². The van der Waals surface area contributed by atoms with Crippen LogP contribution in [0.1, 0.15) is 0 Å². The Kier molecular flexibility index (Phi) is 3.19. The molecule has 5 aromatic rings. The Labute approximate surface area is 152 Å². The summed E-state index contributed by atoms with van der Waals surface area (Å²) in [5.74, 6) is -0.214. The van der Waals surface area contributed by atoms with E-state index in [9.17, 15) is 4.39 Å². The second kappa shape index (κ2) is 5.43. The highest BCUT2D eigenvalue weighted by atomic mass is 79.9. The minimum absolute atomic E-state index is 0.214. The van der Waals surface area contributed by atoms with Crippen LogP contribution >= 0.6 is 15.9 Å². The van der Waals surface area contributed by atoms with E-state index in [-0.39, 0.29) is 5.82 Å². The summed E-state index contributed by atoms with van der Waals surface area (Å²) in [5, 5.41) is 4.19. The Morgan fingerprint density at radius 3 is 2.28 bits per heavy atom. The standard InChI is InChI=1S/C22H13BrFN/c23-18-13-12-14-6-1-2-7-15(14)21(18)25-20-11-4-3-8-16(20)17-9-5-10-19(24)22(17)25/h1-13H. The van der Waals surface area contributed by atoms with Crippen LogP contribution in [0, 0.1) is 5.82 Å². The van der Waals surface area contributed by atoms with Crippen molar-refractivity contribution in [3.63, 3.8) is 0 Å². The molecule has 0 fully saturated rings. The summed E-state index contributed by atoms with van der Waals surface area (Å²) in [6.07, 6.45) is 0. The first kappa shape index (κ1) is 14.7. The Morgan fingerprint density at radius 2 is 1.40 bits per heavy atom. The Balaban J connectivity index is 2.08. The second-order valence-corrected chi connectivity index (χ2v) is 6.96. The molecule has 1 heterocycles. The molecule has 0 bridgehead atoms. The van der Waals surface area contributed by atoms with E-state index in [4.69, 9.17) is 0 Å². The maximum Gasteiger partial charge on any atom is 0.147 e. The van der Waals surface area contributed by atoms with Gasteiger partial charge in [0.25, 0.3) is 0 Å². The lowest BCUT2D eigenvalue weighted by atomic mass is 10.1. The van der Waals surface area contributed by atoms with Crippen LogP contribution in [0.2, 0.25) is 0 Å². The summed E-state index contributed by atoms with van der Waals surface area (Å²) in [7, 11) is 0. The van der Waals surface area contributed by atoms with E-state index in [1.54, 1.807) is 6.07 Å². The highest BCUT2D eigenvalue weighted by Gasteiger charge is 2.18. The smallest absolute Gasteiger partial charge is 0.147 e. The van der Waals surface area contributed by atoms with Crippen molar-refractivity contribution in [2.45, 2.75) is 0 Å². The molecule has 0 radical (unpaired) electrons. The van der Waals surface area contributed by atoms with Gasteiger partial charge in [-0.3, -0.25) is 0 Å². The van der Waals surface area contributed by atoms with E-state index >= 15 is 0 Å². The molecule has 0 atom stereocenters. The van der Waals surface area contributed by atoms with E-state index in [0.717, 1.165) is 37.2 Å². The van der Waals surface area contributed by atoms with E-state index in [0.29, 0.717) is 5.52 Å². The predicted molar refractivity (Wildman–Crippen MR) is 106 cm³/mol. The number of aromatic nitrogens is 1. The van der Waals surface area contributed by atoms with Crippen LogP contribution in [-0.4, -0.2) is 4.57 Å². The maximum atomic E-state index is 14.9. The molecule has 5 rings (SSSR count). The van der Waals surface area contributed by atoms with Gasteiger partial charge in [-0.15, -0.1) is 0 Å². The van der Waals surface area contributed by atoms with Crippen LogP contribution in [0.5, 0.6) is 0 Å². The van der Waals surface area contributed by atoms with Crippen LogP contribution in [0.15, 0.2) is 83.3 Å². The Bertz CT molecular complexity index is 1270. The molecule has 0 N–H and O–H groups in total. The maximum absolute atomic E-state index is 14.9. The molecule has 0 aliphatic heterocycles. The lowest BCUT2D eigenvalue weighted by Gasteiger charge is -2.14. The quantitative estimate of drug-likeness (QED) is 0.295. The molecule has 3 heteroatoms. The largest absolute Gasteiger partial charge is 0.305 e. The lowest BCUT2D eigenvalue weighted by molar-refractivity contribution is 0.635. The van der Waals surface area contributed by atoms with Crippen molar-refractivity contribution in [3.8, 4) is 5.69 Å². The van der Waals surface area contributed by atoms with Gasteiger partial charge in [-0.05, 0) is 39.5 Å². The number of hydrogen-bond donors (Lipinski definition) is 0. The lowest BCUT2D eigenvalue weighted by Crippen LogP contribution is -1.98. The summed E-state index contributed by atoms with van der Waals surface area (Å²) in [5.41, 5.74) is 2.58. The molecular formula is C22H13BrFN. The van der Waals surface area contributed by atoms with Crippen molar-refractivity contribution in [3.05, 3.63) is 89.2 Å². The molecule has 1 aromatic heterocycles. The zero-order valence-corrected chi connectivity index (χ0v) is 14.8. The molecule has 0 amide bonds. The number of fused-ring (bicyclic) bond motifs is 4. The minimum Gasteiger partial charge on any atom is -0.305 e. The first-order chi connectivity index (χ1) is 12.3. The van der Waals surface area contributed by atoms with Crippen molar-refractivity contribution >= 4 is 48.5 Å². The summed E-state index contributed by atoms with van der Waals surface area (Å²) < 4.78 is 17.8. The van der Waals surface area contributed by atoms with Crippen molar-refractivity contribution < 1.29 is 4.39 Å². The molecule has 0 aliphatic carbocycles. The number of nitrogens with zero attached hydrogens (tertiary/aromatic N) is 1. The molecule has 0 saturated carbocycles. The van der Waals surface area contributed by atoms with Gasteiger partial charge in [-0.1, -0.05) is 60.7 Å². The zero-order valence-electron chi connectivity index (χ0n) is 13.2. The van der Waals surface area contributed by atoms with Gasteiger partial charge in [-0.2, -0.15) is 0 Å². The highest BCUT2D eigenvalue weighted by molar-refractivity contribution is 9.10. The third-order valence-corrected chi connectivity index (χ3v) is 5.36. The fraction of sp³-hybridized carbons (Fsp3) is 0. The zero-order chi connectivity index (χ0) is 17.0. The first-order valence-electron chi connectivity index (χ1n) is 8.11. The highest BCUT2D eigenvalue weighted by Crippen LogP contribution is 2.38. The van der Waals surface area contributed by atoms with Crippen LogP contribution in [-0.2, 0) is 0 Å². The Morgan fingerprint density at radius 1 is 0.680 bits per heavy atom. The fourth-order valence-corrected chi connectivity index (χ4v) is 4.19. The monoisotopic (exact) mass is 389 g/mol. The number of halogens is 2. The van der Waals surface area contributed by atoms with Crippen LogP contribution in [0.25, 0.3) is 38.3 Å². The summed E-state index contributed by atoms with van der Waals surface area (Å²) in [4.78, 5) is 0. The van der Waals surface area contributed by atoms with Gasteiger partial charge in [0.2, 0.25) is 0 Å². The molecular weight excluding hydrogens is 377 g/mol. The molecule has 0 unspecified atom stereocenters. The normalized spacial score (nSPS) is 11.6. The second-order valence-electron chi connectivity index (χ2n) is 6.11. The van der Waals surface area contributed by atoms with Gasteiger partial charge in [0.05, 0.1) is 16.7 Å². The molecule has 120 valence electrons. The molecule has 1 nitrogen and oxygen atoms in total. The molecule has 4 aromatic carbocycles. The van der Waals surface area contributed by atoms with Crippen LogP contribution < -0.4 is 0 Å². The van der Waals surface area contributed by atoms with Crippen LogP contribution in [0.3, 0.4) is 0 Å². The minimum atomic E-state index is -0.214. The third-order valence-electron chi connectivity index (χ3n) is 4.72. The van der Waals surface area contributed by atoms with Gasteiger partial charge in [0.15, 0.2) is 0 Å². The average molecular weight is 390 g/mol. The van der Waals surface area contributed by atoms with Crippen molar-refractivity contribution in [1.82, 2.24) is 4.57 Å². The summed E-state index contributed by atoms with van der Waals surface area (Å²) in [6.45, 7) is 0. The van der Waals surface area contributed by atoms with Crippen molar-refractivity contribution in [2.24, 2.45) is 0 Å². The van der Waals surface area contributed by atoms with Crippen molar-refractivity contribution in [1.29, 1.82) is 0 Å². The van der Waals surface area contributed by atoms with Gasteiger partial charge in [0, 0.05) is 20.6 Å². The Hall–Kier alpha value is -2.65. The van der Waals surface area contributed by atoms with Gasteiger partial charge in [-0.25, -0.2) is 4.39 Å². The van der Waals surface area contributed by atoms with Gasteiger partial charge >= 0.3 is 0 Å². The summed E-state index contributed by atoms with van der Waals surface area (Å²) >= 11 is 3.69. The van der Waals surface area contributed by atoms with E-state index in [1.165, 1.54) is 6.07 Å². The predicted octanol–water partition coefficient (Wildman–Crippen LogP) is 6.84. The fourth-order valence-electron chi connectivity index (χ4n) is 3.66. The third kappa shape index (κ3) is 2.06. The SMILES string of the molecule is Fc1cccc2c3ccccc3n(-c3c(Br)ccc4ccccc34)c12. The first-order valence-corrected chi connectivity index (χ1v) is 8.90. The van der Waals surface area contributed by atoms with Crippen LogP contribution in [0.4, 0.5) is 4.39 Å². The number of rotatable bonds is 1. The molecule has 0 spiro atoms. The van der Waals surface area contributed by atoms with E-state index in [1.807, 2.05) is 53.1 Å². The van der Waals surface area contributed by atoms with E-state index in [2.05, 4.69) is 34.1 Å². The number of para-hydroxylation sites is 2. The van der Waals surface area contributed by atoms with Crippen molar-refractivity contribution in [2.75, 3.05) is 0 Å². The molecule has 0 aliphatic rings. The van der Waals surface area contributed by atoms with Gasteiger partial charge < -0.3 is 4.57 Å². The summed E-state index contributed by atoms with van der Waals surface area (Å²) in [6, 6.07) is 25.7. The number of hydrogen-bond acceptors (Lipinski definition) is 0. The molecule has 25 heavy (non-hydrogen) atoms. The molecule has 0 saturated heterocycles. The van der Waals surface area contributed by atoms with Gasteiger partial charge in [0.1, 0.15) is 5.82 Å². The average Bonchev–Trinajstić information content (AvgIpc) is 2.98. The topological polar surface area (TPSA) is 4.93 Å². The number of benzene rings is 4.